The second-order valence-corrected chi connectivity index (χ2v) is 6.84. The summed E-state index contributed by atoms with van der Waals surface area (Å²) in [6.07, 6.45) is 3.41. The molecule has 10 heteroatoms. The number of nitrogens with two attached hydrogens (primary N) is 1. The van der Waals surface area contributed by atoms with Gasteiger partial charge in [-0.05, 0) is 12.5 Å². The summed E-state index contributed by atoms with van der Waals surface area (Å²) in [6.45, 7) is 0.718. The minimum Gasteiger partial charge on any atom is -0.369 e. The number of pyridine rings is 1. The maximum absolute atomic E-state index is 13.7. The molecule has 4 rings (SSSR count). The van der Waals surface area contributed by atoms with E-state index < -0.39 is 17.7 Å². The number of hydrogen-bond donors (Lipinski definition) is 1. The summed E-state index contributed by atoms with van der Waals surface area (Å²) in [7, 11) is 0. The summed E-state index contributed by atoms with van der Waals surface area (Å²) in [5.41, 5.74) is 6.88. The minimum absolute atomic E-state index is 0.0496. The molecule has 1 aliphatic carbocycles. The Balaban J connectivity index is 1.89. The van der Waals surface area contributed by atoms with Crippen molar-refractivity contribution in [2.45, 2.75) is 31.6 Å². The lowest BCUT2D eigenvalue weighted by molar-refractivity contribution is -0.117. The van der Waals surface area contributed by atoms with Gasteiger partial charge in [-0.1, -0.05) is 0 Å². The Morgan fingerprint density at radius 3 is 2.89 bits per heavy atom. The largest absolute Gasteiger partial charge is 0.369 e. The summed E-state index contributed by atoms with van der Waals surface area (Å²) in [5.74, 6) is -4.40. The molecule has 1 aliphatic rings. The molecule has 0 bridgehead atoms. The van der Waals surface area contributed by atoms with Crippen molar-refractivity contribution >= 4 is 16.8 Å². The molecule has 1 amide bonds. The highest BCUT2D eigenvalue weighted by molar-refractivity contribution is 5.85. The van der Waals surface area contributed by atoms with E-state index >= 15 is 0 Å². The standard InChI is InChI=1S/C18H15F2N7O/c1-18(19,20)17-23-3-2-15(25-17)27-13-5-10(6-14(22)28)24-8-12(13)16(26-27)11-4-9(11)7-21/h2-3,5,8-9,11H,4,6H2,1H3,(H2,22,28). The van der Waals surface area contributed by atoms with Crippen LogP contribution in [0.25, 0.3) is 16.7 Å². The number of nitrogens with zero attached hydrogens (tertiary/aromatic N) is 6. The van der Waals surface area contributed by atoms with Gasteiger partial charge >= 0.3 is 5.92 Å². The number of primary amides is 1. The molecular formula is C18H15F2N7O. The number of fused-ring (bicyclic) bond motifs is 1. The molecule has 0 radical (unpaired) electrons. The smallest absolute Gasteiger partial charge is 0.303 e. The normalized spacial score (nSPS) is 18.8. The van der Waals surface area contributed by atoms with Crippen LogP contribution < -0.4 is 5.73 Å². The fraction of sp³-hybridized carbons (Fsp3) is 0.333. The highest BCUT2D eigenvalue weighted by Gasteiger charge is 2.42. The SMILES string of the molecule is CC(F)(F)c1nccc(-n2nc(C3CC3C#N)c3cnc(CC(N)=O)cc32)n1. The van der Waals surface area contributed by atoms with E-state index in [1.54, 1.807) is 12.3 Å². The lowest BCUT2D eigenvalue weighted by Gasteiger charge is -2.10. The third-order valence-corrected chi connectivity index (χ3v) is 4.56. The lowest BCUT2D eigenvalue weighted by Crippen LogP contribution is -2.15. The van der Waals surface area contributed by atoms with Crippen molar-refractivity contribution in [3.8, 4) is 11.9 Å². The first-order valence-corrected chi connectivity index (χ1v) is 8.55. The third kappa shape index (κ3) is 3.15. The number of carbonyl (C=O) groups excluding carboxylic acids is 1. The fourth-order valence-corrected chi connectivity index (χ4v) is 3.12. The van der Waals surface area contributed by atoms with Crippen LogP contribution in [0, 0.1) is 17.2 Å². The zero-order valence-electron chi connectivity index (χ0n) is 14.8. The Hall–Kier alpha value is -3.48. The maximum atomic E-state index is 13.7. The average Bonchev–Trinajstić information content (AvgIpc) is 3.33. The predicted molar refractivity (Wildman–Crippen MR) is 93.4 cm³/mol. The molecule has 8 nitrogen and oxygen atoms in total. The highest BCUT2D eigenvalue weighted by Crippen LogP contribution is 2.48. The minimum atomic E-state index is -3.21. The van der Waals surface area contributed by atoms with E-state index in [0.717, 1.165) is 6.92 Å². The Morgan fingerprint density at radius 2 is 2.25 bits per heavy atom. The second kappa shape index (κ2) is 6.30. The molecule has 0 aliphatic heterocycles. The number of alkyl halides is 2. The van der Waals surface area contributed by atoms with E-state index in [1.165, 1.54) is 16.9 Å². The number of carbonyl (C=O) groups is 1. The summed E-state index contributed by atoms with van der Waals surface area (Å²) >= 11 is 0. The predicted octanol–water partition coefficient (Wildman–Crippen LogP) is 1.98. The van der Waals surface area contributed by atoms with Crippen LogP contribution in [0.2, 0.25) is 0 Å². The van der Waals surface area contributed by atoms with E-state index in [0.29, 0.717) is 28.7 Å². The van der Waals surface area contributed by atoms with Gasteiger partial charge in [0, 0.05) is 36.7 Å². The van der Waals surface area contributed by atoms with E-state index in [1.807, 2.05) is 0 Å². The molecule has 3 aromatic heterocycles. The molecule has 28 heavy (non-hydrogen) atoms. The molecule has 2 atom stereocenters. The number of nitriles is 1. The van der Waals surface area contributed by atoms with Crippen LogP contribution in [0.4, 0.5) is 8.78 Å². The summed E-state index contributed by atoms with van der Waals surface area (Å²) < 4.78 is 28.7. The van der Waals surface area contributed by atoms with E-state index in [4.69, 9.17) is 11.0 Å². The molecule has 142 valence electrons. The monoisotopic (exact) mass is 383 g/mol. The second-order valence-electron chi connectivity index (χ2n) is 6.84. The Labute approximate surface area is 158 Å². The summed E-state index contributed by atoms with van der Waals surface area (Å²) in [5, 5.41) is 14.4. The van der Waals surface area contributed by atoms with Crippen LogP contribution >= 0.6 is 0 Å². The highest BCUT2D eigenvalue weighted by atomic mass is 19.3. The van der Waals surface area contributed by atoms with Crippen molar-refractivity contribution in [1.29, 1.82) is 5.26 Å². The Kier molecular flexibility index (Phi) is 4.03. The molecule has 3 aromatic rings. The number of aromatic nitrogens is 5. The van der Waals surface area contributed by atoms with Crippen molar-refractivity contribution in [1.82, 2.24) is 24.7 Å². The van der Waals surface area contributed by atoms with Gasteiger partial charge in [0.25, 0.3) is 0 Å². The van der Waals surface area contributed by atoms with Gasteiger partial charge in [0.2, 0.25) is 11.7 Å². The summed E-state index contributed by atoms with van der Waals surface area (Å²) in [6, 6.07) is 5.31. The molecule has 0 spiro atoms. The van der Waals surface area contributed by atoms with Gasteiger partial charge in [0.05, 0.1) is 35.3 Å². The molecule has 1 fully saturated rings. The van der Waals surface area contributed by atoms with Crippen LogP contribution in [0.1, 0.15) is 36.5 Å². The number of rotatable bonds is 5. The van der Waals surface area contributed by atoms with Crippen molar-refractivity contribution in [2.24, 2.45) is 11.7 Å². The van der Waals surface area contributed by atoms with E-state index in [2.05, 4.69) is 26.1 Å². The number of amides is 1. The molecule has 2 N–H and O–H groups in total. The first kappa shape index (κ1) is 17.9. The quantitative estimate of drug-likeness (QED) is 0.718. The molecular weight excluding hydrogens is 368 g/mol. The van der Waals surface area contributed by atoms with Crippen LogP contribution in [-0.2, 0) is 17.1 Å². The lowest BCUT2D eigenvalue weighted by atomic mass is 10.1. The van der Waals surface area contributed by atoms with Crippen molar-refractivity contribution < 1.29 is 13.6 Å². The zero-order valence-corrected chi connectivity index (χ0v) is 14.8. The van der Waals surface area contributed by atoms with Crippen molar-refractivity contribution in [3.05, 3.63) is 41.7 Å². The van der Waals surface area contributed by atoms with Crippen LogP contribution in [-0.4, -0.2) is 30.6 Å². The molecule has 0 aromatic carbocycles. The van der Waals surface area contributed by atoms with Gasteiger partial charge < -0.3 is 5.73 Å². The number of hydrogen-bond acceptors (Lipinski definition) is 6. The van der Waals surface area contributed by atoms with Gasteiger partial charge in [-0.25, -0.2) is 14.6 Å². The van der Waals surface area contributed by atoms with Crippen LogP contribution in [0.15, 0.2) is 24.5 Å². The maximum Gasteiger partial charge on any atom is 0.303 e. The summed E-state index contributed by atoms with van der Waals surface area (Å²) in [4.78, 5) is 23.1. The first-order chi connectivity index (χ1) is 13.3. The van der Waals surface area contributed by atoms with Crippen molar-refractivity contribution in [3.63, 3.8) is 0 Å². The molecule has 3 heterocycles. The first-order valence-electron chi connectivity index (χ1n) is 8.55. The van der Waals surface area contributed by atoms with Gasteiger partial charge in [0.15, 0.2) is 5.82 Å². The fourth-order valence-electron chi connectivity index (χ4n) is 3.12. The molecule has 0 saturated heterocycles. The molecule has 1 saturated carbocycles. The van der Waals surface area contributed by atoms with E-state index in [9.17, 15) is 13.6 Å². The average molecular weight is 383 g/mol. The number of halogens is 2. The topological polar surface area (TPSA) is 123 Å². The van der Waals surface area contributed by atoms with Crippen LogP contribution in [0.3, 0.4) is 0 Å². The van der Waals surface area contributed by atoms with Gasteiger partial charge in [-0.15, -0.1) is 0 Å². The van der Waals surface area contributed by atoms with Crippen LogP contribution in [0.5, 0.6) is 0 Å². The van der Waals surface area contributed by atoms with E-state index in [-0.39, 0.29) is 24.1 Å². The van der Waals surface area contributed by atoms with Gasteiger partial charge in [-0.2, -0.15) is 19.1 Å². The molecule has 2 unspecified atom stereocenters. The van der Waals surface area contributed by atoms with Gasteiger partial charge in [-0.3, -0.25) is 9.78 Å². The Bertz CT molecular complexity index is 1130. The van der Waals surface area contributed by atoms with Crippen molar-refractivity contribution in [2.75, 3.05) is 0 Å². The van der Waals surface area contributed by atoms with Gasteiger partial charge in [0.1, 0.15) is 0 Å². The zero-order chi connectivity index (χ0) is 20.1. The third-order valence-electron chi connectivity index (χ3n) is 4.56. The Morgan fingerprint density at radius 1 is 1.46 bits per heavy atom.